The Bertz CT molecular complexity index is 956. The van der Waals surface area contributed by atoms with Crippen LogP contribution in [0.25, 0.3) is 0 Å². The van der Waals surface area contributed by atoms with Crippen LogP contribution in [0.1, 0.15) is 44.5 Å². The summed E-state index contributed by atoms with van der Waals surface area (Å²) < 4.78 is 26.1. The lowest BCUT2D eigenvalue weighted by Crippen LogP contribution is -2.36. The van der Waals surface area contributed by atoms with Crippen LogP contribution in [0.2, 0.25) is 0 Å². The number of primary sulfonamides is 1. The Kier molecular flexibility index (Phi) is 5.16. The molecule has 27 heavy (non-hydrogen) atoms. The van der Waals surface area contributed by atoms with Crippen molar-refractivity contribution in [1.82, 2.24) is 14.8 Å². The van der Waals surface area contributed by atoms with E-state index in [4.69, 9.17) is 5.14 Å². The fourth-order valence-electron chi connectivity index (χ4n) is 3.45. The Labute approximate surface area is 157 Å². The normalized spacial score (nSPS) is 18.1. The van der Waals surface area contributed by atoms with Gasteiger partial charge in [-0.05, 0) is 32.8 Å². The van der Waals surface area contributed by atoms with Crippen molar-refractivity contribution in [3.63, 3.8) is 0 Å². The van der Waals surface area contributed by atoms with Crippen molar-refractivity contribution >= 4 is 21.4 Å². The van der Waals surface area contributed by atoms with Gasteiger partial charge in [0, 0.05) is 37.2 Å². The molecule has 2 aromatic rings. The Morgan fingerprint density at radius 3 is 2.74 bits per heavy atom. The summed E-state index contributed by atoms with van der Waals surface area (Å²) in [5.74, 6) is 0.931. The Morgan fingerprint density at radius 2 is 2.11 bits per heavy atom. The number of anilines is 1. The lowest BCUT2D eigenvalue weighted by molar-refractivity contribution is -0.385. The molecule has 1 unspecified atom stereocenters. The molecule has 10 nitrogen and oxygen atoms in total. The van der Waals surface area contributed by atoms with E-state index >= 15 is 0 Å². The molecule has 1 aromatic heterocycles. The van der Waals surface area contributed by atoms with Gasteiger partial charge in [-0.15, -0.1) is 10.2 Å². The highest BCUT2D eigenvalue weighted by molar-refractivity contribution is 7.89. The zero-order valence-corrected chi connectivity index (χ0v) is 16.0. The van der Waals surface area contributed by atoms with E-state index in [2.05, 4.69) is 10.2 Å². The van der Waals surface area contributed by atoms with Crippen molar-refractivity contribution in [3.8, 4) is 0 Å². The number of nitro groups is 1. The molecule has 1 saturated heterocycles. The minimum Gasteiger partial charge on any atom is -0.370 e. The summed E-state index contributed by atoms with van der Waals surface area (Å²) in [5.41, 5.74) is 0.0688. The van der Waals surface area contributed by atoms with Crippen molar-refractivity contribution in [3.05, 3.63) is 40.5 Å². The minimum atomic E-state index is -4.11. The van der Waals surface area contributed by atoms with Gasteiger partial charge in [0.2, 0.25) is 10.0 Å². The maximum absolute atomic E-state index is 12.0. The van der Waals surface area contributed by atoms with Gasteiger partial charge in [0.05, 0.1) is 10.6 Å². The Hall–Kier alpha value is -2.53. The lowest BCUT2D eigenvalue weighted by Gasteiger charge is -2.35. The number of nitrogens with zero attached hydrogens (tertiary/aromatic N) is 5. The SMILES string of the molecule is CC(C)n1cnnc1C1CCCN(c2ccc([N+](=O)[O-])cc2S(N)(=O)=O)C1. The number of benzene rings is 1. The van der Waals surface area contributed by atoms with E-state index in [1.165, 1.54) is 12.1 Å². The number of hydrogen-bond acceptors (Lipinski definition) is 7. The number of aromatic nitrogens is 3. The average Bonchev–Trinajstić information content (AvgIpc) is 3.10. The van der Waals surface area contributed by atoms with Crippen molar-refractivity contribution in [2.24, 2.45) is 5.14 Å². The number of nitrogens with two attached hydrogens (primary N) is 1. The zero-order chi connectivity index (χ0) is 19.8. The molecule has 1 aromatic carbocycles. The maximum Gasteiger partial charge on any atom is 0.270 e. The zero-order valence-electron chi connectivity index (χ0n) is 15.1. The molecule has 0 aliphatic carbocycles. The summed E-state index contributed by atoms with van der Waals surface area (Å²) in [7, 11) is -4.11. The summed E-state index contributed by atoms with van der Waals surface area (Å²) in [6, 6.07) is 3.98. The molecule has 0 radical (unpaired) electrons. The predicted octanol–water partition coefficient (Wildman–Crippen LogP) is 1.80. The quantitative estimate of drug-likeness (QED) is 0.603. The highest BCUT2D eigenvalue weighted by Gasteiger charge is 2.29. The highest BCUT2D eigenvalue weighted by Crippen LogP contribution is 2.34. The van der Waals surface area contributed by atoms with Gasteiger partial charge < -0.3 is 9.47 Å². The first kappa shape index (κ1) is 19.2. The van der Waals surface area contributed by atoms with Crippen LogP contribution in [0.3, 0.4) is 0 Å². The monoisotopic (exact) mass is 394 g/mol. The Balaban J connectivity index is 1.97. The molecule has 2 N–H and O–H groups in total. The second-order valence-electron chi connectivity index (χ2n) is 6.93. The van der Waals surface area contributed by atoms with E-state index in [9.17, 15) is 18.5 Å². The van der Waals surface area contributed by atoms with Gasteiger partial charge in [-0.2, -0.15) is 0 Å². The topological polar surface area (TPSA) is 137 Å². The molecule has 146 valence electrons. The molecule has 3 rings (SSSR count). The Morgan fingerprint density at radius 1 is 1.37 bits per heavy atom. The van der Waals surface area contributed by atoms with Crippen LogP contribution < -0.4 is 10.0 Å². The van der Waals surface area contributed by atoms with E-state index in [0.717, 1.165) is 24.7 Å². The molecule has 1 atom stereocenters. The third kappa shape index (κ3) is 3.93. The number of non-ortho nitro benzene ring substituents is 1. The van der Waals surface area contributed by atoms with Gasteiger partial charge >= 0.3 is 0 Å². The van der Waals surface area contributed by atoms with Crippen LogP contribution in [-0.2, 0) is 10.0 Å². The first-order chi connectivity index (χ1) is 12.7. The molecular formula is C16H22N6O4S. The van der Waals surface area contributed by atoms with Crippen LogP contribution in [0.4, 0.5) is 11.4 Å². The molecular weight excluding hydrogens is 372 g/mol. The highest BCUT2D eigenvalue weighted by atomic mass is 32.2. The van der Waals surface area contributed by atoms with E-state index in [-0.39, 0.29) is 22.5 Å². The van der Waals surface area contributed by atoms with Crippen molar-refractivity contribution in [1.29, 1.82) is 0 Å². The fraction of sp³-hybridized carbons (Fsp3) is 0.500. The second kappa shape index (κ2) is 7.24. The standard InChI is InChI=1S/C16H22N6O4S/c1-11(2)21-10-18-19-16(21)12-4-3-7-20(9-12)14-6-5-13(22(23)24)8-15(14)27(17,25)26/h5-6,8,10-12H,3-4,7,9H2,1-2H3,(H2,17,25,26). The number of hydrogen-bond donors (Lipinski definition) is 1. The van der Waals surface area contributed by atoms with Crippen molar-refractivity contribution < 1.29 is 13.3 Å². The lowest BCUT2D eigenvalue weighted by atomic mass is 9.96. The second-order valence-corrected chi connectivity index (χ2v) is 8.46. The molecule has 2 heterocycles. The molecule has 0 amide bonds. The van der Waals surface area contributed by atoms with Crippen molar-refractivity contribution in [2.75, 3.05) is 18.0 Å². The smallest absolute Gasteiger partial charge is 0.270 e. The average molecular weight is 394 g/mol. The van der Waals surface area contributed by atoms with E-state index < -0.39 is 14.9 Å². The maximum atomic E-state index is 12.0. The molecule has 11 heteroatoms. The first-order valence-electron chi connectivity index (χ1n) is 8.64. The van der Waals surface area contributed by atoms with Crippen LogP contribution in [0, 0.1) is 10.1 Å². The summed E-state index contributed by atoms with van der Waals surface area (Å²) in [6.45, 7) is 5.25. The number of sulfonamides is 1. The van der Waals surface area contributed by atoms with Gasteiger partial charge in [-0.3, -0.25) is 10.1 Å². The van der Waals surface area contributed by atoms with E-state index in [1.54, 1.807) is 6.33 Å². The number of piperidine rings is 1. The van der Waals surface area contributed by atoms with Crippen LogP contribution >= 0.6 is 0 Å². The summed E-state index contributed by atoms with van der Waals surface area (Å²) in [5, 5.41) is 24.6. The number of nitro benzene ring substituents is 1. The van der Waals surface area contributed by atoms with Gasteiger partial charge in [-0.1, -0.05) is 0 Å². The molecule has 0 spiro atoms. The van der Waals surface area contributed by atoms with Crippen LogP contribution in [-0.4, -0.2) is 41.2 Å². The fourth-order valence-corrected chi connectivity index (χ4v) is 4.23. The molecule has 1 fully saturated rings. The van der Waals surface area contributed by atoms with Crippen LogP contribution in [0.15, 0.2) is 29.4 Å². The van der Waals surface area contributed by atoms with E-state index in [0.29, 0.717) is 18.8 Å². The number of rotatable bonds is 5. The largest absolute Gasteiger partial charge is 0.370 e. The first-order valence-corrected chi connectivity index (χ1v) is 10.2. The van der Waals surface area contributed by atoms with Crippen LogP contribution in [0.5, 0.6) is 0 Å². The summed E-state index contributed by atoms with van der Waals surface area (Å²) >= 11 is 0. The molecule has 0 bridgehead atoms. The molecule has 1 aliphatic heterocycles. The van der Waals surface area contributed by atoms with Gasteiger partial charge in [0.25, 0.3) is 5.69 Å². The predicted molar refractivity (Wildman–Crippen MR) is 99.1 cm³/mol. The van der Waals surface area contributed by atoms with Crippen molar-refractivity contribution in [2.45, 2.75) is 43.5 Å². The third-order valence-electron chi connectivity index (χ3n) is 4.75. The van der Waals surface area contributed by atoms with E-state index in [1.807, 2.05) is 23.3 Å². The minimum absolute atomic E-state index is 0.0761. The van der Waals surface area contributed by atoms with Gasteiger partial charge in [0.1, 0.15) is 17.0 Å². The van der Waals surface area contributed by atoms with Gasteiger partial charge in [-0.25, -0.2) is 13.6 Å². The molecule has 1 aliphatic rings. The van der Waals surface area contributed by atoms with Gasteiger partial charge in [0.15, 0.2) is 0 Å². The molecule has 0 saturated carbocycles. The summed E-state index contributed by atoms with van der Waals surface area (Å²) in [6.07, 6.45) is 3.43. The third-order valence-corrected chi connectivity index (χ3v) is 5.69. The summed E-state index contributed by atoms with van der Waals surface area (Å²) in [4.78, 5) is 12.0.